The standard InChI is InChI=1S/C6H7NO3/c8-7(9)10-5-6-3-1-2-4-6/h6H,1,3,5H2. The van der Waals surface area contributed by atoms with Gasteiger partial charge in [-0.15, -0.1) is 16.0 Å². The average molecular weight is 141 g/mol. The molecule has 1 aliphatic carbocycles. The molecule has 0 aromatic rings. The molecule has 1 atom stereocenters. The van der Waals surface area contributed by atoms with Gasteiger partial charge in [-0.05, 0) is 6.42 Å². The zero-order valence-corrected chi connectivity index (χ0v) is 5.37. The predicted octanol–water partition coefficient (Wildman–Crippen LogP) is 0.608. The molecule has 4 nitrogen and oxygen atoms in total. The van der Waals surface area contributed by atoms with E-state index in [1.807, 2.05) is 0 Å². The van der Waals surface area contributed by atoms with Crippen LogP contribution in [0, 0.1) is 27.9 Å². The van der Waals surface area contributed by atoms with Crippen molar-refractivity contribution in [3.63, 3.8) is 0 Å². The first-order valence-corrected chi connectivity index (χ1v) is 3.05. The van der Waals surface area contributed by atoms with Crippen molar-refractivity contribution in [2.45, 2.75) is 12.8 Å². The van der Waals surface area contributed by atoms with Crippen LogP contribution in [-0.4, -0.2) is 11.7 Å². The van der Waals surface area contributed by atoms with Crippen LogP contribution in [0.2, 0.25) is 0 Å². The van der Waals surface area contributed by atoms with Gasteiger partial charge in [0, 0.05) is 12.3 Å². The van der Waals surface area contributed by atoms with Gasteiger partial charge >= 0.3 is 0 Å². The molecule has 0 aromatic heterocycles. The van der Waals surface area contributed by atoms with Gasteiger partial charge in [0.2, 0.25) is 0 Å². The predicted molar refractivity (Wildman–Crippen MR) is 33.4 cm³/mol. The zero-order chi connectivity index (χ0) is 7.40. The Morgan fingerprint density at radius 2 is 2.60 bits per heavy atom. The summed E-state index contributed by atoms with van der Waals surface area (Å²) in [5.41, 5.74) is 0. The summed E-state index contributed by atoms with van der Waals surface area (Å²) < 4.78 is 0. The molecule has 0 aliphatic heterocycles. The highest BCUT2D eigenvalue weighted by Crippen LogP contribution is 2.10. The largest absolute Gasteiger partial charge is 0.313 e. The van der Waals surface area contributed by atoms with Gasteiger partial charge < -0.3 is 4.84 Å². The number of nitrogens with zero attached hydrogens (tertiary/aromatic N) is 1. The highest BCUT2D eigenvalue weighted by atomic mass is 16.9. The van der Waals surface area contributed by atoms with Crippen molar-refractivity contribution in [2.75, 3.05) is 6.61 Å². The van der Waals surface area contributed by atoms with Gasteiger partial charge in [0.25, 0.3) is 5.09 Å². The molecule has 1 unspecified atom stereocenters. The lowest BCUT2D eigenvalue weighted by Crippen LogP contribution is -2.09. The van der Waals surface area contributed by atoms with E-state index in [4.69, 9.17) is 0 Å². The second-order valence-electron chi connectivity index (χ2n) is 2.08. The highest BCUT2D eigenvalue weighted by molar-refractivity contribution is 5.10. The van der Waals surface area contributed by atoms with Gasteiger partial charge in [0.1, 0.15) is 6.61 Å². The lowest BCUT2D eigenvalue weighted by Gasteiger charge is -2.01. The van der Waals surface area contributed by atoms with Crippen molar-refractivity contribution >= 4 is 0 Å². The molecule has 0 radical (unpaired) electrons. The Morgan fingerprint density at radius 3 is 3.10 bits per heavy atom. The van der Waals surface area contributed by atoms with E-state index < -0.39 is 5.09 Å². The molecule has 1 rings (SSSR count). The maximum absolute atomic E-state index is 9.69. The Labute approximate surface area is 58.3 Å². The second kappa shape index (κ2) is 3.06. The summed E-state index contributed by atoms with van der Waals surface area (Å²) in [5.74, 6) is 5.75. The van der Waals surface area contributed by atoms with Crippen LogP contribution < -0.4 is 0 Å². The van der Waals surface area contributed by atoms with Crippen LogP contribution in [0.25, 0.3) is 0 Å². The van der Waals surface area contributed by atoms with Crippen molar-refractivity contribution in [2.24, 2.45) is 5.92 Å². The molecule has 54 valence electrons. The first-order valence-electron chi connectivity index (χ1n) is 3.05. The molecule has 0 bridgehead atoms. The summed E-state index contributed by atoms with van der Waals surface area (Å²) in [7, 11) is 0. The van der Waals surface area contributed by atoms with E-state index in [2.05, 4.69) is 16.7 Å². The molecule has 0 fully saturated rings. The van der Waals surface area contributed by atoms with E-state index in [-0.39, 0.29) is 12.5 Å². The summed E-state index contributed by atoms with van der Waals surface area (Å²) >= 11 is 0. The Hall–Kier alpha value is -1.24. The molecule has 0 aromatic carbocycles. The van der Waals surface area contributed by atoms with Gasteiger partial charge in [0.05, 0.1) is 0 Å². The van der Waals surface area contributed by atoms with E-state index in [0.29, 0.717) is 0 Å². The van der Waals surface area contributed by atoms with Crippen LogP contribution in [0.15, 0.2) is 0 Å². The van der Waals surface area contributed by atoms with Crippen molar-refractivity contribution in [3.8, 4) is 11.8 Å². The van der Waals surface area contributed by atoms with E-state index >= 15 is 0 Å². The highest BCUT2D eigenvalue weighted by Gasteiger charge is 2.10. The van der Waals surface area contributed by atoms with E-state index in [1.165, 1.54) is 0 Å². The van der Waals surface area contributed by atoms with Crippen molar-refractivity contribution < 1.29 is 9.92 Å². The summed E-state index contributed by atoms with van der Waals surface area (Å²) in [5, 5.41) is 8.91. The maximum atomic E-state index is 9.69. The smallest absolute Gasteiger partial charge is 0.294 e. The normalized spacial score (nSPS) is 21.4. The lowest BCUT2D eigenvalue weighted by atomic mass is 10.1. The molecular weight excluding hydrogens is 134 g/mol. The summed E-state index contributed by atoms with van der Waals surface area (Å²) in [4.78, 5) is 13.8. The van der Waals surface area contributed by atoms with E-state index in [0.717, 1.165) is 12.8 Å². The fourth-order valence-electron chi connectivity index (χ4n) is 0.811. The molecule has 10 heavy (non-hydrogen) atoms. The first-order chi connectivity index (χ1) is 4.79. The third-order valence-electron chi connectivity index (χ3n) is 1.31. The van der Waals surface area contributed by atoms with Gasteiger partial charge in [-0.1, -0.05) is 5.92 Å². The minimum absolute atomic E-state index is 0.0744. The van der Waals surface area contributed by atoms with Crippen molar-refractivity contribution in [3.05, 3.63) is 10.1 Å². The molecule has 0 N–H and O–H groups in total. The molecule has 0 spiro atoms. The molecule has 0 saturated heterocycles. The second-order valence-corrected chi connectivity index (χ2v) is 2.08. The van der Waals surface area contributed by atoms with Gasteiger partial charge in [-0.25, -0.2) is 0 Å². The van der Waals surface area contributed by atoms with Gasteiger partial charge in [0.15, 0.2) is 0 Å². The van der Waals surface area contributed by atoms with Crippen LogP contribution in [0.5, 0.6) is 0 Å². The minimum Gasteiger partial charge on any atom is -0.313 e. The maximum Gasteiger partial charge on any atom is 0.294 e. The Morgan fingerprint density at radius 1 is 1.80 bits per heavy atom. The van der Waals surface area contributed by atoms with Crippen LogP contribution in [-0.2, 0) is 4.84 Å². The summed E-state index contributed by atoms with van der Waals surface area (Å²) in [6, 6.07) is 0. The number of hydrogen-bond acceptors (Lipinski definition) is 3. The topological polar surface area (TPSA) is 52.4 Å². The Kier molecular flexibility index (Phi) is 2.11. The van der Waals surface area contributed by atoms with E-state index in [9.17, 15) is 10.1 Å². The van der Waals surface area contributed by atoms with Crippen molar-refractivity contribution in [1.82, 2.24) is 0 Å². The molecule has 1 aliphatic rings. The monoisotopic (exact) mass is 141 g/mol. The Bertz CT molecular complexity index is 191. The van der Waals surface area contributed by atoms with Crippen molar-refractivity contribution in [1.29, 1.82) is 0 Å². The molecule has 0 saturated carbocycles. The molecular formula is C6H7NO3. The average Bonchev–Trinajstić information content (AvgIpc) is 2.34. The molecule has 0 amide bonds. The SMILES string of the molecule is O=[N+]([O-])OCC1C#CCC1. The van der Waals surface area contributed by atoms with Gasteiger partial charge in [-0.2, -0.15) is 0 Å². The molecule has 0 heterocycles. The van der Waals surface area contributed by atoms with Crippen LogP contribution in [0.1, 0.15) is 12.8 Å². The number of rotatable bonds is 3. The van der Waals surface area contributed by atoms with Crippen LogP contribution in [0.3, 0.4) is 0 Å². The Balaban J connectivity index is 2.16. The lowest BCUT2D eigenvalue weighted by molar-refractivity contribution is -0.758. The van der Waals surface area contributed by atoms with Gasteiger partial charge in [-0.3, -0.25) is 0 Å². The van der Waals surface area contributed by atoms with Crippen LogP contribution >= 0.6 is 0 Å². The summed E-state index contributed by atoms with van der Waals surface area (Å²) in [6.07, 6.45) is 1.71. The summed E-state index contributed by atoms with van der Waals surface area (Å²) in [6.45, 7) is 0.125. The third kappa shape index (κ3) is 1.94. The molecule has 4 heteroatoms. The fraction of sp³-hybridized carbons (Fsp3) is 0.667. The quantitative estimate of drug-likeness (QED) is 0.328. The minimum atomic E-state index is -0.778. The number of hydrogen-bond donors (Lipinski definition) is 0. The van der Waals surface area contributed by atoms with Crippen LogP contribution in [0.4, 0.5) is 0 Å². The fourth-order valence-corrected chi connectivity index (χ4v) is 0.811. The van der Waals surface area contributed by atoms with E-state index in [1.54, 1.807) is 0 Å². The zero-order valence-electron chi connectivity index (χ0n) is 5.37. The third-order valence-corrected chi connectivity index (χ3v) is 1.31. The first kappa shape index (κ1) is 6.87.